The van der Waals surface area contributed by atoms with Crippen molar-refractivity contribution in [3.8, 4) is 0 Å². The lowest BCUT2D eigenvalue weighted by Crippen LogP contribution is -2.39. The monoisotopic (exact) mass is 316 g/mol. The van der Waals surface area contributed by atoms with Crippen LogP contribution in [0.15, 0.2) is 12.2 Å². The molecule has 1 aliphatic carbocycles. The molecule has 0 fully saturated rings. The lowest BCUT2D eigenvalue weighted by molar-refractivity contribution is -0.149. The van der Waals surface area contributed by atoms with Crippen LogP contribution in [0.5, 0.6) is 0 Å². The van der Waals surface area contributed by atoms with Crippen molar-refractivity contribution in [3.05, 3.63) is 12.2 Å². The Hall–Kier alpha value is -1.09. The zero-order chi connectivity index (χ0) is 15.4. The Labute approximate surface area is 114 Å². The van der Waals surface area contributed by atoms with Crippen LogP contribution < -0.4 is 0 Å². The molecule has 0 heterocycles. The Kier molecular flexibility index (Phi) is 5.58. The van der Waals surface area contributed by atoms with Gasteiger partial charge < -0.3 is 4.74 Å². The number of halogens is 3. The molecular weight excluding hydrogens is 301 g/mol. The highest BCUT2D eigenvalue weighted by Gasteiger charge is 2.52. The summed E-state index contributed by atoms with van der Waals surface area (Å²) in [6.07, 6.45) is 1.27. The van der Waals surface area contributed by atoms with E-state index in [-0.39, 0.29) is 5.92 Å². The first-order valence-electron chi connectivity index (χ1n) is 5.97. The first-order valence-corrected chi connectivity index (χ1v) is 7.41. The van der Waals surface area contributed by atoms with Crippen LogP contribution in [0.25, 0.3) is 0 Å². The quantitative estimate of drug-likeness (QED) is 0.461. The molecule has 2 unspecified atom stereocenters. The maximum absolute atomic E-state index is 13.1. The maximum atomic E-state index is 13.1. The molecule has 1 aliphatic rings. The number of carbonyl (C=O) groups excluding carboxylic acids is 1. The highest BCUT2D eigenvalue weighted by atomic mass is 32.2. The van der Waals surface area contributed by atoms with Crippen LogP contribution in [0.3, 0.4) is 0 Å². The average molecular weight is 316 g/mol. The van der Waals surface area contributed by atoms with Crippen LogP contribution in [0.4, 0.5) is 13.2 Å². The smallest absolute Gasteiger partial charge is 0.400 e. The maximum Gasteiger partial charge on any atom is 0.400 e. The molecule has 0 spiro atoms. The van der Waals surface area contributed by atoms with Crippen molar-refractivity contribution >= 4 is 16.1 Å². The summed E-state index contributed by atoms with van der Waals surface area (Å²) in [5, 5.41) is -4.91. The van der Waals surface area contributed by atoms with Gasteiger partial charge in [-0.05, 0) is 19.3 Å². The minimum Gasteiger partial charge on any atom is -0.465 e. The molecular formula is C11H15F3O5S. The predicted octanol–water partition coefficient (Wildman–Crippen LogP) is 2.09. The van der Waals surface area contributed by atoms with Crippen molar-refractivity contribution in [1.29, 1.82) is 0 Å². The molecule has 9 heteroatoms. The second-order valence-corrected chi connectivity index (χ2v) is 5.94. The predicted molar refractivity (Wildman–Crippen MR) is 63.4 cm³/mol. The number of ether oxygens (including phenoxy) is 1. The van der Waals surface area contributed by atoms with Crippen LogP contribution in [-0.4, -0.2) is 37.0 Å². The van der Waals surface area contributed by atoms with E-state index in [2.05, 4.69) is 4.74 Å². The van der Waals surface area contributed by atoms with Gasteiger partial charge in [-0.25, -0.2) is 4.39 Å². The first kappa shape index (κ1) is 17.0. The Bertz CT molecular complexity index is 474. The van der Waals surface area contributed by atoms with Gasteiger partial charge in [0.05, 0.1) is 12.5 Å². The van der Waals surface area contributed by atoms with Crippen LogP contribution >= 0.6 is 0 Å². The van der Waals surface area contributed by atoms with Gasteiger partial charge in [0.2, 0.25) is 0 Å². The summed E-state index contributed by atoms with van der Waals surface area (Å²) in [5.74, 6) is -1.02. The van der Waals surface area contributed by atoms with Crippen LogP contribution in [0.2, 0.25) is 0 Å². The summed E-state index contributed by atoms with van der Waals surface area (Å²) in [5.41, 5.74) is 0. The molecule has 0 saturated heterocycles. The molecule has 0 aromatic carbocycles. The topological polar surface area (TPSA) is 80.7 Å². The fourth-order valence-electron chi connectivity index (χ4n) is 1.72. The van der Waals surface area contributed by atoms with Gasteiger partial charge in [-0.2, -0.15) is 17.2 Å². The van der Waals surface area contributed by atoms with Crippen molar-refractivity contribution < 1.29 is 35.7 Å². The molecule has 5 nitrogen and oxygen atoms in total. The molecule has 0 aromatic heterocycles. The zero-order valence-electron chi connectivity index (χ0n) is 10.5. The van der Waals surface area contributed by atoms with Crippen LogP contribution in [0.1, 0.15) is 25.7 Å². The van der Waals surface area contributed by atoms with E-state index in [0.29, 0.717) is 19.3 Å². The minimum absolute atomic E-state index is 0.389. The van der Waals surface area contributed by atoms with Crippen LogP contribution in [-0.2, 0) is 19.6 Å². The summed E-state index contributed by atoms with van der Waals surface area (Å²) >= 11 is 0. The molecule has 0 aromatic rings. The SMILES string of the molecule is O=C(OCCC(F)C(F)(F)S(=O)(=O)O)C1CC=CCC1. The number of allylic oxidation sites excluding steroid dienone is 2. The van der Waals surface area contributed by atoms with Crippen molar-refractivity contribution in [2.45, 2.75) is 37.1 Å². The second-order valence-electron chi connectivity index (χ2n) is 4.44. The highest BCUT2D eigenvalue weighted by Crippen LogP contribution is 2.29. The number of hydrogen-bond acceptors (Lipinski definition) is 4. The molecule has 0 amide bonds. The largest absolute Gasteiger partial charge is 0.465 e. The average Bonchev–Trinajstić information content (AvgIpc) is 2.38. The third-order valence-corrected chi connectivity index (χ3v) is 3.87. The Morgan fingerprint density at radius 3 is 2.60 bits per heavy atom. The summed E-state index contributed by atoms with van der Waals surface area (Å²) < 4.78 is 72.2. The lowest BCUT2D eigenvalue weighted by Gasteiger charge is -2.19. The highest BCUT2D eigenvalue weighted by molar-refractivity contribution is 7.86. The van der Waals surface area contributed by atoms with Crippen LogP contribution in [0, 0.1) is 5.92 Å². The van der Waals surface area contributed by atoms with E-state index in [9.17, 15) is 26.4 Å². The number of alkyl halides is 3. The van der Waals surface area contributed by atoms with Gasteiger partial charge in [0.25, 0.3) is 0 Å². The molecule has 0 radical (unpaired) electrons. The molecule has 116 valence electrons. The van der Waals surface area contributed by atoms with Crippen molar-refractivity contribution in [2.24, 2.45) is 5.92 Å². The van der Waals surface area contributed by atoms with E-state index in [1.807, 2.05) is 6.08 Å². The Morgan fingerprint density at radius 2 is 2.10 bits per heavy atom. The van der Waals surface area contributed by atoms with Crippen molar-refractivity contribution in [2.75, 3.05) is 6.61 Å². The van der Waals surface area contributed by atoms with E-state index < -0.39 is 40.5 Å². The van der Waals surface area contributed by atoms with E-state index in [1.165, 1.54) is 0 Å². The number of hydrogen-bond donors (Lipinski definition) is 1. The van der Waals surface area contributed by atoms with E-state index >= 15 is 0 Å². The van der Waals surface area contributed by atoms with Gasteiger partial charge in [-0.15, -0.1) is 0 Å². The fraction of sp³-hybridized carbons (Fsp3) is 0.727. The molecule has 0 aliphatic heterocycles. The van der Waals surface area contributed by atoms with Gasteiger partial charge in [0, 0.05) is 6.42 Å². The number of rotatable bonds is 6. The summed E-state index contributed by atoms with van der Waals surface area (Å²) in [6.45, 7) is -0.675. The lowest BCUT2D eigenvalue weighted by atomic mass is 9.95. The summed E-state index contributed by atoms with van der Waals surface area (Å²) in [4.78, 5) is 11.5. The normalized spacial score (nSPS) is 21.5. The summed E-state index contributed by atoms with van der Waals surface area (Å²) in [7, 11) is -5.83. The van der Waals surface area contributed by atoms with Gasteiger partial charge >= 0.3 is 21.3 Å². The second kappa shape index (κ2) is 6.57. The van der Waals surface area contributed by atoms with Crippen molar-refractivity contribution in [3.63, 3.8) is 0 Å². The first-order chi connectivity index (χ1) is 9.16. The minimum atomic E-state index is -5.83. The molecule has 1 N–H and O–H groups in total. The molecule has 0 saturated carbocycles. The Morgan fingerprint density at radius 1 is 1.45 bits per heavy atom. The number of esters is 1. The van der Waals surface area contributed by atoms with Gasteiger partial charge in [-0.3, -0.25) is 9.35 Å². The standard InChI is InChI=1S/C11H15F3O5S/c12-9(11(13,14)20(16,17)18)6-7-19-10(15)8-4-2-1-3-5-8/h1-2,8-9H,3-7H2,(H,16,17,18). The molecule has 2 atom stereocenters. The van der Waals surface area contributed by atoms with E-state index in [0.717, 1.165) is 0 Å². The van der Waals surface area contributed by atoms with Crippen molar-refractivity contribution in [1.82, 2.24) is 0 Å². The summed E-state index contributed by atoms with van der Waals surface area (Å²) in [6, 6.07) is 0. The molecule has 0 bridgehead atoms. The van der Waals surface area contributed by atoms with E-state index in [4.69, 9.17) is 4.55 Å². The van der Waals surface area contributed by atoms with Gasteiger partial charge in [0.1, 0.15) is 0 Å². The molecule has 1 rings (SSSR count). The third kappa shape index (κ3) is 4.20. The van der Waals surface area contributed by atoms with Gasteiger partial charge in [-0.1, -0.05) is 12.2 Å². The zero-order valence-corrected chi connectivity index (χ0v) is 11.3. The molecule has 20 heavy (non-hydrogen) atoms. The van der Waals surface area contributed by atoms with Gasteiger partial charge in [0.15, 0.2) is 6.17 Å². The Balaban J connectivity index is 2.40. The number of carbonyl (C=O) groups is 1. The fourth-order valence-corrected chi connectivity index (χ4v) is 2.16. The third-order valence-electron chi connectivity index (χ3n) is 2.93. The van der Waals surface area contributed by atoms with E-state index in [1.54, 1.807) is 6.08 Å².